The van der Waals surface area contributed by atoms with E-state index in [4.69, 9.17) is 10.6 Å². The molecule has 1 amide bonds. The minimum Gasteiger partial charge on any atom is -0.381 e. The van der Waals surface area contributed by atoms with E-state index in [1.165, 1.54) is 6.20 Å². The summed E-state index contributed by atoms with van der Waals surface area (Å²) in [5, 5.41) is 2.79. The number of nitrogens with two attached hydrogens (primary N) is 1. The topological polar surface area (TPSA) is 89.3 Å². The Morgan fingerprint density at radius 1 is 1.47 bits per heavy atom. The van der Waals surface area contributed by atoms with Crippen LogP contribution < -0.4 is 16.6 Å². The van der Waals surface area contributed by atoms with Gasteiger partial charge in [-0.1, -0.05) is 13.8 Å². The Morgan fingerprint density at radius 2 is 2.26 bits per heavy atom. The first-order valence-corrected chi connectivity index (χ1v) is 6.42. The number of aromatic nitrogens is 1. The third-order valence-electron chi connectivity index (χ3n) is 2.36. The Bertz CT molecular complexity index is 379. The average Bonchev–Trinajstić information content (AvgIpc) is 2.42. The summed E-state index contributed by atoms with van der Waals surface area (Å²) in [5.74, 6) is 5.57. The molecule has 1 heterocycles. The fourth-order valence-electron chi connectivity index (χ4n) is 1.40. The number of nitrogen functional groups attached to an aromatic ring is 1. The number of ether oxygens (including phenoxy) is 1. The quantitative estimate of drug-likeness (QED) is 0.373. The maximum absolute atomic E-state index is 11.7. The van der Waals surface area contributed by atoms with Crippen molar-refractivity contribution < 1.29 is 9.53 Å². The molecular formula is C13H22N4O2. The van der Waals surface area contributed by atoms with E-state index in [2.05, 4.69) is 29.6 Å². The van der Waals surface area contributed by atoms with Crippen molar-refractivity contribution in [3.8, 4) is 0 Å². The minimum atomic E-state index is -0.188. The largest absolute Gasteiger partial charge is 0.381 e. The number of hydrogen-bond acceptors (Lipinski definition) is 5. The lowest BCUT2D eigenvalue weighted by molar-refractivity contribution is 0.0920. The summed E-state index contributed by atoms with van der Waals surface area (Å²) in [7, 11) is 0. The first kappa shape index (κ1) is 15.4. The summed E-state index contributed by atoms with van der Waals surface area (Å²) >= 11 is 0. The fraction of sp³-hybridized carbons (Fsp3) is 0.538. The molecule has 0 aliphatic heterocycles. The summed E-state index contributed by atoms with van der Waals surface area (Å²) in [6.45, 7) is 6.20. The van der Waals surface area contributed by atoms with Crippen LogP contribution in [0.5, 0.6) is 0 Å². The zero-order valence-corrected chi connectivity index (χ0v) is 11.5. The number of pyridine rings is 1. The number of amides is 1. The molecule has 106 valence electrons. The molecule has 4 N–H and O–H groups in total. The molecule has 1 rings (SSSR count). The van der Waals surface area contributed by atoms with E-state index >= 15 is 0 Å². The Balaban J connectivity index is 2.20. The lowest BCUT2D eigenvalue weighted by atomic mass is 10.2. The van der Waals surface area contributed by atoms with Crippen molar-refractivity contribution in [3.63, 3.8) is 0 Å². The molecule has 6 heteroatoms. The van der Waals surface area contributed by atoms with Crippen LogP contribution in [0.4, 0.5) is 5.69 Å². The van der Waals surface area contributed by atoms with Crippen molar-refractivity contribution >= 4 is 11.6 Å². The summed E-state index contributed by atoms with van der Waals surface area (Å²) in [4.78, 5) is 15.7. The second-order valence-corrected chi connectivity index (χ2v) is 4.65. The Labute approximate surface area is 113 Å². The molecule has 0 atom stereocenters. The Kier molecular flexibility index (Phi) is 6.84. The van der Waals surface area contributed by atoms with Gasteiger partial charge < -0.3 is 15.5 Å². The fourth-order valence-corrected chi connectivity index (χ4v) is 1.40. The first-order valence-electron chi connectivity index (χ1n) is 6.42. The number of carbonyl (C=O) groups excluding carboxylic acids is 1. The molecule has 0 aromatic carbocycles. The second-order valence-electron chi connectivity index (χ2n) is 4.65. The van der Waals surface area contributed by atoms with E-state index in [1.807, 2.05) is 0 Å². The van der Waals surface area contributed by atoms with Crippen molar-refractivity contribution in [2.24, 2.45) is 11.8 Å². The Morgan fingerprint density at radius 3 is 2.84 bits per heavy atom. The second kappa shape index (κ2) is 8.44. The van der Waals surface area contributed by atoms with Crippen molar-refractivity contribution in [2.45, 2.75) is 20.3 Å². The van der Waals surface area contributed by atoms with Crippen LogP contribution in [0.25, 0.3) is 0 Å². The van der Waals surface area contributed by atoms with Gasteiger partial charge in [0.25, 0.3) is 5.91 Å². The number of nitrogens with zero attached hydrogens (tertiary/aromatic N) is 1. The average molecular weight is 266 g/mol. The van der Waals surface area contributed by atoms with Gasteiger partial charge in [-0.05, 0) is 24.5 Å². The van der Waals surface area contributed by atoms with Crippen molar-refractivity contribution in [1.29, 1.82) is 0 Å². The summed E-state index contributed by atoms with van der Waals surface area (Å²) in [5.41, 5.74) is 3.50. The Hall–Kier alpha value is -1.66. The zero-order valence-electron chi connectivity index (χ0n) is 11.5. The molecule has 0 saturated heterocycles. The van der Waals surface area contributed by atoms with Gasteiger partial charge in [-0.2, -0.15) is 0 Å². The maximum atomic E-state index is 11.7. The molecule has 0 saturated carbocycles. The number of rotatable bonds is 8. The van der Waals surface area contributed by atoms with E-state index in [0.717, 1.165) is 13.0 Å². The number of nitrogens with one attached hydrogen (secondary N) is 2. The van der Waals surface area contributed by atoms with Gasteiger partial charge in [-0.3, -0.25) is 10.6 Å². The van der Waals surface area contributed by atoms with E-state index < -0.39 is 0 Å². The van der Waals surface area contributed by atoms with Crippen LogP contribution in [-0.4, -0.2) is 30.6 Å². The van der Waals surface area contributed by atoms with Gasteiger partial charge in [0.15, 0.2) is 0 Å². The molecule has 0 radical (unpaired) electrons. The lowest BCUT2D eigenvalue weighted by Crippen LogP contribution is -2.26. The normalized spacial score (nSPS) is 10.5. The van der Waals surface area contributed by atoms with Crippen LogP contribution in [-0.2, 0) is 4.74 Å². The minimum absolute atomic E-state index is 0.188. The lowest BCUT2D eigenvalue weighted by Gasteiger charge is -2.07. The van der Waals surface area contributed by atoms with Gasteiger partial charge in [-0.25, -0.2) is 4.98 Å². The molecule has 0 bridgehead atoms. The summed E-state index contributed by atoms with van der Waals surface area (Å²) < 4.78 is 5.42. The molecule has 6 nitrogen and oxygen atoms in total. The predicted molar refractivity (Wildman–Crippen MR) is 74.7 cm³/mol. The highest BCUT2D eigenvalue weighted by atomic mass is 16.5. The van der Waals surface area contributed by atoms with Crippen LogP contribution in [0.15, 0.2) is 18.3 Å². The van der Waals surface area contributed by atoms with Crippen LogP contribution in [0, 0.1) is 5.92 Å². The third kappa shape index (κ3) is 6.17. The van der Waals surface area contributed by atoms with E-state index in [9.17, 15) is 4.79 Å². The first-order chi connectivity index (χ1) is 9.13. The molecule has 1 aromatic rings. The van der Waals surface area contributed by atoms with Crippen molar-refractivity contribution in [1.82, 2.24) is 10.3 Å². The SMILES string of the molecule is CC(C)COCCCNC(=O)c1ccc(NN)cn1. The van der Waals surface area contributed by atoms with Crippen molar-refractivity contribution in [2.75, 3.05) is 25.2 Å². The summed E-state index contributed by atoms with van der Waals surface area (Å²) in [6.07, 6.45) is 2.31. The van der Waals surface area contributed by atoms with Crippen LogP contribution >= 0.6 is 0 Å². The summed E-state index contributed by atoms with van der Waals surface area (Å²) in [6, 6.07) is 3.33. The van der Waals surface area contributed by atoms with Gasteiger partial charge in [0, 0.05) is 19.8 Å². The van der Waals surface area contributed by atoms with Crippen LogP contribution in [0.3, 0.4) is 0 Å². The van der Waals surface area contributed by atoms with E-state index in [-0.39, 0.29) is 5.91 Å². The predicted octanol–water partition coefficient (Wildman–Crippen LogP) is 1.16. The van der Waals surface area contributed by atoms with Gasteiger partial charge >= 0.3 is 0 Å². The smallest absolute Gasteiger partial charge is 0.269 e. The number of carbonyl (C=O) groups is 1. The highest BCUT2D eigenvalue weighted by Crippen LogP contribution is 2.03. The number of hydrogen-bond donors (Lipinski definition) is 3. The molecule has 0 aliphatic rings. The van der Waals surface area contributed by atoms with E-state index in [1.54, 1.807) is 12.1 Å². The zero-order chi connectivity index (χ0) is 14.1. The molecular weight excluding hydrogens is 244 g/mol. The van der Waals surface area contributed by atoms with Gasteiger partial charge in [0.1, 0.15) is 5.69 Å². The number of anilines is 1. The maximum Gasteiger partial charge on any atom is 0.269 e. The highest BCUT2D eigenvalue weighted by Gasteiger charge is 2.05. The van der Waals surface area contributed by atoms with Crippen LogP contribution in [0.1, 0.15) is 30.8 Å². The number of hydrazine groups is 1. The van der Waals surface area contributed by atoms with Crippen molar-refractivity contribution in [3.05, 3.63) is 24.0 Å². The monoisotopic (exact) mass is 266 g/mol. The third-order valence-corrected chi connectivity index (χ3v) is 2.36. The van der Waals surface area contributed by atoms with Gasteiger partial charge in [-0.15, -0.1) is 0 Å². The van der Waals surface area contributed by atoms with E-state index in [0.29, 0.717) is 30.5 Å². The molecule has 1 aromatic heterocycles. The molecule has 0 spiro atoms. The highest BCUT2D eigenvalue weighted by molar-refractivity contribution is 5.92. The molecule has 0 unspecified atom stereocenters. The van der Waals surface area contributed by atoms with Gasteiger partial charge in [0.05, 0.1) is 11.9 Å². The molecule has 19 heavy (non-hydrogen) atoms. The molecule has 0 fully saturated rings. The van der Waals surface area contributed by atoms with Crippen LogP contribution in [0.2, 0.25) is 0 Å². The standard InChI is InChI=1S/C13H22N4O2/c1-10(2)9-19-7-3-6-15-13(18)12-5-4-11(17-14)8-16-12/h4-5,8,10,17H,3,6-7,9,14H2,1-2H3,(H,15,18). The van der Waals surface area contributed by atoms with Gasteiger partial charge in [0.2, 0.25) is 0 Å². The molecule has 0 aliphatic carbocycles.